The quantitative estimate of drug-likeness (QED) is 0.712. The predicted octanol–water partition coefficient (Wildman–Crippen LogP) is 3.82. The lowest BCUT2D eigenvalue weighted by molar-refractivity contribution is -0.114. The highest BCUT2D eigenvalue weighted by Gasteiger charge is 2.27. The minimum absolute atomic E-state index is 0.0320. The number of carbonyl (C=O) groups is 1. The van der Waals surface area contributed by atoms with Crippen LogP contribution in [-0.4, -0.2) is 25.7 Å². The molecule has 1 N–H and O–H groups in total. The summed E-state index contributed by atoms with van der Waals surface area (Å²) in [7, 11) is 0. The molecule has 0 aliphatic heterocycles. The van der Waals surface area contributed by atoms with Crippen LogP contribution < -0.4 is 5.32 Å². The molecule has 1 amide bonds. The molecule has 3 aromatic heterocycles. The van der Waals surface area contributed by atoms with E-state index in [0.29, 0.717) is 6.92 Å². The number of alkyl halides is 4. The third kappa shape index (κ3) is 3.35. The van der Waals surface area contributed by atoms with Crippen molar-refractivity contribution >= 4 is 22.6 Å². The van der Waals surface area contributed by atoms with Crippen molar-refractivity contribution in [2.45, 2.75) is 26.2 Å². The first kappa shape index (κ1) is 17.8. The SMILES string of the molecule is CC(=O)Nc1cc2c(cn1)c(C(F)F)nn2-c1cccc(C(C)(F)F)n1. The topological polar surface area (TPSA) is 72.7 Å². The van der Waals surface area contributed by atoms with Gasteiger partial charge in [0.25, 0.3) is 12.3 Å². The number of halogens is 4. The number of hydrogen-bond donors (Lipinski definition) is 1. The minimum Gasteiger partial charge on any atom is -0.311 e. The summed E-state index contributed by atoms with van der Waals surface area (Å²) in [5, 5.41) is 6.27. The molecule has 6 nitrogen and oxygen atoms in total. The molecule has 136 valence electrons. The maximum absolute atomic E-state index is 13.5. The van der Waals surface area contributed by atoms with Crippen LogP contribution in [0.1, 0.15) is 31.7 Å². The summed E-state index contributed by atoms with van der Waals surface area (Å²) in [6.45, 7) is 1.95. The molecule has 26 heavy (non-hydrogen) atoms. The Kier molecular flexibility index (Phi) is 4.34. The lowest BCUT2D eigenvalue weighted by Crippen LogP contribution is -2.12. The van der Waals surface area contributed by atoms with Crippen LogP contribution in [0.4, 0.5) is 23.4 Å². The van der Waals surface area contributed by atoms with Crippen molar-refractivity contribution in [3.63, 3.8) is 0 Å². The van der Waals surface area contributed by atoms with E-state index in [1.807, 2.05) is 0 Å². The highest BCUT2D eigenvalue weighted by atomic mass is 19.3. The van der Waals surface area contributed by atoms with Gasteiger partial charge in [-0.1, -0.05) is 6.07 Å². The fourth-order valence-corrected chi connectivity index (χ4v) is 2.40. The molecule has 0 atom stereocenters. The fraction of sp³-hybridized carbons (Fsp3) is 0.250. The number of anilines is 1. The van der Waals surface area contributed by atoms with Crippen molar-refractivity contribution in [1.29, 1.82) is 0 Å². The zero-order chi connectivity index (χ0) is 19.1. The molecule has 0 spiro atoms. The molecular formula is C16H13F4N5O. The van der Waals surface area contributed by atoms with Gasteiger partial charge in [-0.05, 0) is 12.1 Å². The molecular weight excluding hydrogens is 354 g/mol. The number of aromatic nitrogens is 4. The van der Waals surface area contributed by atoms with Crippen molar-refractivity contribution in [3.8, 4) is 5.82 Å². The smallest absolute Gasteiger partial charge is 0.287 e. The van der Waals surface area contributed by atoms with Crippen molar-refractivity contribution < 1.29 is 22.4 Å². The second kappa shape index (κ2) is 6.36. The van der Waals surface area contributed by atoms with Gasteiger partial charge in [-0.2, -0.15) is 13.9 Å². The number of fused-ring (bicyclic) bond motifs is 1. The predicted molar refractivity (Wildman–Crippen MR) is 85.5 cm³/mol. The minimum atomic E-state index is -3.20. The van der Waals surface area contributed by atoms with Gasteiger partial charge >= 0.3 is 0 Å². The van der Waals surface area contributed by atoms with E-state index in [1.54, 1.807) is 0 Å². The maximum Gasteiger partial charge on any atom is 0.287 e. The summed E-state index contributed by atoms with van der Waals surface area (Å²) in [5.41, 5.74) is -0.922. The van der Waals surface area contributed by atoms with Crippen LogP contribution in [0.3, 0.4) is 0 Å². The Balaban J connectivity index is 2.23. The lowest BCUT2D eigenvalue weighted by atomic mass is 10.2. The molecule has 0 fully saturated rings. The summed E-state index contributed by atoms with van der Waals surface area (Å²) < 4.78 is 54.7. The Labute approximate surface area is 144 Å². The van der Waals surface area contributed by atoms with E-state index in [1.165, 1.54) is 25.1 Å². The first-order chi connectivity index (χ1) is 12.2. The summed E-state index contributed by atoms with van der Waals surface area (Å²) >= 11 is 0. The van der Waals surface area contributed by atoms with Crippen LogP contribution in [-0.2, 0) is 10.7 Å². The van der Waals surface area contributed by atoms with Crippen LogP contribution >= 0.6 is 0 Å². The molecule has 0 radical (unpaired) electrons. The Hall–Kier alpha value is -3.04. The molecule has 0 saturated heterocycles. The van der Waals surface area contributed by atoms with E-state index in [2.05, 4.69) is 20.4 Å². The number of pyridine rings is 2. The van der Waals surface area contributed by atoms with Gasteiger partial charge in [0.05, 0.1) is 5.52 Å². The van der Waals surface area contributed by atoms with Gasteiger partial charge in [0.1, 0.15) is 17.2 Å². The highest BCUT2D eigenvalue weighted by molar-refractivity contribution is 5.91. The van der Waals surface area contributed by atoms with Gasteiger partial charge in [-0.25, -0.2) is 23.4 Å². The van der Waals surface area contributed by atoms with Crippen LogP contribution in [0.5, 0.6) is 0 Å². The van der Waals surface area contributed by atoms with Crippen molar-refractivity contribution in [2.75, 3.05) is 5.32 Å². The zero-order valence-corrected chi connectivity index (χ0v) is 13.7. The van der Waals surface area contributed by atoms with Crippen LogP contribution in [0, 0.1) is 0 Å². The van der Waals surface area contributed by atoms with Gasteiger partial charge in [0.2, 0.25) is 5.91 Å². The fourth-order valence-electron chi connectivity index (χ4n) is 2.40. The summed E-state index contributed by atoms with van der Waals surface area (Å²) in [6.07, 6.45) is -1.76. The van der Waals surface area contributed by atoms with Crippen molar-refractivity contribution in [3.05, 3.63) is 41.9 Å². The van der Waals surface area contributed by atoms with E-state index in [0.717, 1.165) is 16.9 Å². The van der Waals surface area contributed by atoms with E-state index >= 15 is 0 Å². The molecule has 0 bridgehead atoms. The summed E-state index contributed by atoms with van der Waals surface area (Å²) in [6, 6.07) is 5.16. The van der Waals surface area contributed by atoms with Crippen LogP contribution in [0.2, 0.25) is 0 Å². The number of nitrogens with zero attached hydrogens (tertiary/aromatic N) is 4. The van der Waals surface area contributed by atoms with E-state index in [-0.39, 0.29) is 22.5 Å². The summed E-state index contributed by atoms with van der Waals surface area (Å²) in [5.74, 6) is -3.54. The average Bonchev–Trinajstić information content (AvgIpc) is 2.92. The molecule has 0 saturated carbocycles. The number of amides is 1. The third-order valence-electron chi connectivity index (χ3n) is 3.51. The molecule has 0 aliphatic rings. The molecule has 0 aromatic carbocycles. The number of nitrogens with one attached hydrogen (secondary N) is 1. The molecule has 0 unspecified atom stereocenters. The summed E-state index contributed by atoms with van der Waals surface area (Å²) in [4.78, 5) is 18.9. The lowest BCUT2D eigenvalue weighted by Gasteiger charge is -2.11. The Bertz CT molecular complexity index is 980. The Morgan fingerprint density at radius 2 is 2.04 bits per heavy atom. The van der Waals surface area contributed by atoms with Crippen LogP contribution in [0.25, 0.3) is 16.7 Å². The molecule has 0 aliphatic carbocycles. The molecule has 3 aromatic rings. The third-order valence-corrected chi connectivity index (χ3v) is 3.51. The van der Waals surface area contributed by atoms with Crippen molar-refractivity contribution in [2.24, 2.45) is 0 Å². The second-order valence-electron chi connectivity index (χ2n) is 5.64. The highest BCUT2D eigenvalue weighted by Crippen LogP contribution is 2.31. The van der Waals surface area contributed by atoms with Crippen molar-refractivity contribution in [1.82, 2.24) is 19.7 Å². The zero-order valence-electron chi connectivity index (χ0n) is 13.7. The van der Waals surface area contributed by atoms with Gasteiger partial charge in [0, 0.05) is 31.5 Å². The monoisotopic (exact) mass is 367 g/mol. The molecule has 3 heterocycles. The van der Waals surface area contributed by atoms with Gasteiger partial charge in [0.15, 0.2) is 5.82 Å². The molecule has 10 heteroatoms. The molecule has 3 rings (SSSR count). The van der Waals surface area contributed by atoms with E-state index in [9.17, 15) is 22.4 Å². The van der Waals surface area contributed by atoms with Gasteiger partial charge in [-0.3, -0.25) is 4.79 Å². The normalized spacial score (nSPS) is 12.0. The Morgan fingerprint density at radius 3 is 2.65 bits per heavy atom. The maximum atomic E-state index is 13.5. The number of carbonyl (C=O) groups excluding carboxylic acids is 1. The van der Waals surface area contributed by atoms with E-state index in [4.69, 9.17) is 0 Å². The first-order valence-electron chi connectivity index (χ1n) is 7.47. The van der Waals surface area contributed by atoms with E-state index < -0.39 is 29.6 Å². The number of hydrogen-bond acceptors (Lipinski definition) is 4. The largest absolute Gasteiger partial charge is 0.311 e. The second-order valence-corrected chi connectivity index (χ2v) is 5.64. The van der Waals surface area contributed by atoms with Crippen LogP contribution in [0.15, 0.2) is 30.5 Å². The van der Waals surface area contributed by atoms with Gasteiger partial charge in [-0.15, -0.1) is 0 Å². The number of rotatable bonds is 4. The van der Waals surface area contributed by atoms with Gasteiger partial charge < -0.3 is 5.32 Å². The first-order valence-corrected chi connectivity index (χ1v) is 7.47. The standard InChI is InChI=1S/C16H13F4N5O/c1-8(26)22-12-6-10-9(7-21-12)14(15(17)18)24-25(10)13-5-3-4-11(23-13)16(2,19)20/h3-7,15H,1-2H3,(H,21,22,26). The Morgan fingerprint density at radius 1 is 1.31 bits per heavy atom. The average molecular weight is 367 g/mol.